The first kappa shape index (κ1) is 14.1. The molecule has 102 valence electrons. The number of aromatic hydroxyl groups is 1. The highest BCUT2D eigenvalue weighted by molar-refractivity contribution is 6.33. The summed E-state index contributed by atoms with van der Waals surface area (Å²) in [5.41, 5.74) is 4.33. The molecule has 2 aromatic carbocycles. The van der Waals surface area contributed by atoms with Crippen molar-refractivity contribution in [2.24, 2.45) is 5.10 Å². The van der Waals surface area contributed by atoms with E-state index in [0.29, 0.717) is 16.1 Å². The van der Waals surface area contributed by atoms with E-state index < -0.39 is 0 Å². The third-order valence-electron chi connectivity index (χ3n) is 2.70. The number of aryl methyl sites for hydroxylation is 1. The number of benzene rings is 2. The van der Waals surface area contributed by atoms with E-state index in [4.69, 9.17) is 11.6 Å². The number of rotatable bonds is 3. The monoisotopic (exact) mass is 288 g/mol. The van der Waals surface area contributed by atoms with Gasteiger partial charge in [-0.25, -0.2) is 5.43 Å². The molecule has 2 aromatic rings. The normalized spacial score (nSPS) is 10.7. The second-order valence-electron chi connectivity index (χ2n) is 4.24. The molecule has 0 unspecified atom stereocenters. The second kappa shape index (κ2) is 6.21. The number of phenols is 1. The van der Waals surface area contributed by atoms with Gasteiger partial charge < -0.3 is 5.11 Å². The van der Waals surface area contributed by atoms with E-state index in [1.54, 1.807) is 24.3 Å². The number of phenolic OH excluding ortho intramolecular Hbond substituents is 1. The third-order valence-corrected chi connectivity index (χ3v) is 3.03. The zero-order valence-corrected chi connectivity index (χ0v) is 11.6. The average molecular weight is 289 g/mol. The lowest BCUT2D eigenvalue weighted by Gasteiger charge is -2.02. The number of halogens is 1. The van der Waals surface area contributed by atoms with Crippen LogP contribution < -0.4 is 5.43 Å². The van der Waals surface area contributed by atoms with Crippen molar-refractivity contribution in [3.05, 3.63) is 64.2 Å². The molecule has 2 rings (SSSR count). The first-order chi connectivity index (χ1) is 9.58. The van der Waals surface area contributed by atoms with Gasteiger partial charge in [0.05, 0.1) is 16.8 Å². The molecule has 0 fully saturated rings. The molecule has 1 amide bonds. The Morgan fingerprint density at radius 2 is 1.95 bits per heavy atom. The summed E-state index contributed by atoms with van der Waals surface area (Å²) in [7, 11) is 0. The minimum Gasteiger partial charge on any atom is -0.507 e. The first-order valence-corrected chi connectivity index (χ1v) is 6.33. The van der Waals surface area contributed by atoms with E-state index in [-0.39, 0.29) is 11.7 Å². The zero-order valence-electron chi connectivity index (χ0n) is 10.8. The van der Waals surface area contributed by atoms with Crippen LogP contribution in [0.1, 0.15) is 21.5 Å². The lowest BCUT2D eigenvalue weighted by atomic mass is 10.1. The number of hydrogen-bond donors (Lipinski definition) is 2. The van der Waals surface area contributed by atoms with Crippen LogP contribution in [0, 0.1) is 6.92 Å². The van der Waals surface area contributed by atoms with Gasteiger partial charge in [-0.15, -0.1) is 0 Å². The summed E-state index contributed by atoms with van der Waals surface area (Å²) in [5, 5.41) is 13.8. The van der Waals surface area contributed by atoms with E-state index in [9.17, 15) is 9.90 Å². The van der Waals surface area contributed by atoms with Crippen LogP contribution in [0.5, 0.6) is 5.75 Å². The van der Waals surface area contributed by atoms with Crippen LogP contribution in [0.4, 0.5) is 0 Å². The van der Waals surface area contributed by atoms with Gasteiger partial charge in [0.2, 0.25) is 0 Å². The number of hydrazone groups is 1. The molecule has 2 N–H and O–H groups in total. The van der Waals surface area contributed by atoms with Gasteiger partial charge in [0.15, 0.2) is 0 Å². The smallest absolute Gasteiger partial charge is 0.271 e. The van der Waals surface area contributed by atoms with Crippen molar-refractivity contribution in [2.45, 2.75) is 6.92 Å². The highest BCUT2D eigenvalue weighted by Gasteiger charge is 2.05. The van der Waals surface area contributed by atoms with E-state index in [1.165, 1.54) is 12.3 Å². The van der Waals surface area contributed by atoms with Crippen molar-refractivity contribution in [2.75, 3.05) is 0 Å². The maximum absolute atomic E-state index is 11.8. The summed E-state index contributed by atoms with van der Waals surface area (Å²) in [6, 6.07) is 11.9. The maximum Gasteiger partial charge on any atom is 0.271 e. The van der Waals surface area contributed by atoms with Gasteiger partial charge in [0.25, 0.3) is 5.91 Å². The summed E-state index contributed by atoms with van der Waals surface area (Å²) in [4.78, 5) is 11.8. The molecule has 0 saturated carbocycles. The van der Waals surface area contributed by atoms with E-state index in [0.717, 1.165) is 5.56 Å². The summed E-state index contributed by atoms with van der Waals surface area (Å²) < 4.78 is 0. The molecule has 0 saturated heterocycles. The van der Waals surface area contributed by atoms with E-state index >= 15 is 0 Å². The molecule has 5 heteroatoms. The van der Waals surface area contributed by atoms with Crippen LogP contribution >= 0.6 is 11.6 Å². The Kier molecular flexibility index (Phi) is 4.38. The Hall–Kier alpha value is -2.33. The van der Waals surface area contributed by atoms with Gasteiger partial charge in [0.1, 0.15) is 5.75 Å². The number of carbonyl (C=O) groups is 1. The van der Waals surface area contributed by atoms with Crippen molar-refractivity contribution < 1.29 is 9.90 Å². The highest BCUT2D eigenvalue weighted by Crippen LogP contribution is 2.22. The molecule has 0 radical (unpaired) electrons. The predicted molar refractivity (Wildman–Crippen MR) is 79.4 cm³/mol. The van der Waals surface area contributed by atoms with E-state index in [2.05, 4.69) is 10.5 Å². The average Bonchev–Trinajstić information content (AvgIpc) is 2.42. The van der Waals surface area contributed by atoms with Crippen molar-refractivity contribution >= 4 is 23.7 Å². The fraction of sp³-hybridized carbons (Fsp3) is 0.0667. The van der Waals surface area contributed by atoms with Crippen LogP contribution in [0.15, 0.2) is 47.6 Å². The van der Waals surface area contributed by atoms with Gasteiger partial charge in [0, 0.05) is 5.56 Å². The lowest BCUT2D eigenvalue weighted by Crippen LogP contribution is -2.17. The Balaban J connectivity index is 2.06. The van der Waals surface area contributed by atoms with Crippen LogP contribution in [-0.4, -0.2) is 17.2 Å². The van der Waals surface area contributed by atoms with Gasteiger partial charge in [-0.3, -0.25) is 4.79 Å². The molecular formula is C15H13ClN2O2. The number of amides is 1. The van der Waals surface area contributed by atoms with Crippen LogP contribution in [0.2, 0.25) is 5.02 Å². The maximum atomic E-state index is 11.8. The third kappa shape index (κ3) is 3.36. The molecular weight excluding hydrogens is 276 g/mol. The predicted octanol–water partition coefficient (Wildman–Crippen LogP) is 3.12. The fourth-order valence-electron chi connectivity index (χ4n) is 1.58. The second-order valence-corrected chi connectivity index (χ2v) is 4.64. The molecule has 0 spiro atoms. The standard InChI is InChI=1S/C15H13ClN2O2/c1-10-5-7-11(8-6-10)15(20)18-17-9-12-13(16)3-2-4-14(12)19/h2-9,19H,1H3,(H,18,20). The molecule has 0 heterocycles. The van der Waals surface area contributed by atoms with E-state index in [1.807, 2.05) is 19.1 Å². The molecule has 4 nitrogen and oxygen atoms in total. The number of carbonyl (C=O) groups excluding carboxylic acids is 1. The molecule has 0 aromatic heterocycles. The molecule has 0 atom stereocenters. The van der Waals surface area contributed by atoms with Gasteiger partial charge in [-0.05, 0) is 31.2 Å². The molecule has 0 aliphatic rings. The fourth-order valence-corrected chi connectivity index (χ4v) is 1.80. The Morgan fingerprint density at radius 1 is 1.25 bits per heavy atom. The molecule has 20 heavy (non-hydrogen) atoms. The number of hydrogen-bond acceptors (Lipinski definition) is 3. The lowest BCUT2D eigenvalue weighted by molar-refractivity contribution is 0.0955. The van der Waals surface area contributed by atoms with Crippen molar-refractivity contribution in [3.63, 3.8) is 0 Å². The SMILES string of the molecule is Cc1ccc(C(=O)NN=Cc2c(O)cccc2Cl)cc1. The Morgan fingerprint density at radius 3 is 2.60 bits per heavy atom. The topological polar surface area (TPSA) is 61.7 Å². The van der Waals surface area contributed by atoms with Crippen LogP contribution in [-0.2, 0) is 0 Å². The number of nitrogens with zero attached hydrogens (tertiary/aromatic N) is 1. The minimum atomic E-state index is -0.326. The number of nitrogens with one attached hydrogen (secondary N) is 1. The van der Waals surface area contributed by atoms with Crippen molar-refractivity contribution in [3.8, 4) is 5.75 Å². The van der Waals surface area contributed by atoms with Crippen LogP contribution in [0.3, 0.4) is 0 Å². The molecule has 0 bridgehead atoms. The Bertz CT molecular complexity index is 631. The quantitative estimate of drug-likeness (QED) is 0.673. The van der Waals surface area contributed by atoms with Crippen molar-refractivity contribution in [1.82, 2.24) is 5.43 Å². The molecule has 0 aliphatic carbocycles. The summed E-state index contributed by atoms with van der Waals surface area (Å²) in [6.45, 7) is 1.94. The van der Waals surface area contributed by atoms with Crippen molar-refractivity contribution in [1.29, 1.82) is 0 Å². The van der Waals surface area contributed by atoms with Crippen LogP contribution in [0.25, 0.3) is 0 Å². The minimum absolute atomic E-state index is 0.00540. The largest absolute Gasteiger partial charge is 0.507 e. The zero-order chi connectivity index (χ0) is 14.5. The summed E-state index contributed by atoms with van der Waals surface area (Å²) in [5.74, 6) is -0.321. The van der Waals surface area contributed by atoms with Gasteiger partial charge >= 0.3 is 0 Å². The van der Waals surface area contributed by atoms with Gasteiger partial charge in [-0.1, -0.05) is 35.4 Å². The molecule has 0 aliphatic heterocycles. The van der Waals surface area contributed by atoms with Gasteiger partial charge in [-0.2, -0.15) is 5.10 Å². The first-order valence-electron chi connectivity index (χ1n) is 5.95. The Labute approximate surface area is 121 Å². The highest BCUT2D eigenvalue weighted by atomic mass is 35.5. The summed E-state index contributed by atoms with van der Waals surface area (Å²) >= 11 is 5.92. The summed E-state index contributed by atoms with van der Waals surface area (Å²) in [6.07, 6.45) is 1.31.